The monoisotopic (exact) mass is 281 g/mol. The lowest BCUT2D eigenvalue weighted by molar-refractivity contribution is -0.145. The quantitative estimate of drug-likeness (QED) is 0.866. The molecule has 0 aliphatic carbocycles. The lowest BCUT2D eigenvalue weighted by atomic mass is 9.75. The second-order valence-electron chi connectivity index (χ2n) is 5.42. The SMILES string of the molecule is CC1CCC(CC(CN)(C(=O)O)c2ccccc2F)O1. The van der Waals surface area contributed by atoms with E-state index < -0.39 is 17.2 Å². The van der Waals surface area contributed by atoms with E-state index in [-0.39, 0.29) is 30.7 Å². The summed E-state index contributed by atoms with van der Waals surface area (Å²) in [5.74, 6) is -1.64. The Hall–Kier alpha value is -1.46. The van der Waals surface area contributed by atoms with Crippen LogP contribution >= 0.6 is 0 Å². The van der Waals surface area contributed by atoms with Gasteiger partial charge in [0.25, 0.3) is 0 Å². The van der Waals surface area contributed by atoms with Crippen LogP contribution in [0.15, 0.2) is 24.3 Å². The molecule has 0 amide bonds. The van der Waals surface area contributed by atoms with Crippen LogP contribution in [0.2, 0.25) is 0 Å². The number of hydrogen-bond donors (Lipinski definition) is 2. The predicted molar refractivity (Wildman–Crippen MR) is 73.0 cm³/mol. The molecule has 1 heterocycles. The van der Waals surface area contributed by atoms with E-state index in [0.717, 1.165) is 12.8 Å². The van der Waals surface area contributed by atoms with E-state index in [4.69, 9.17) is 10.5 Å². The van der Waals surface area contributed by atoms with Crippen LogP contribution in [0.3, 0.4) is 0 Å². The molecule has 1 saturated heterocycles. The minimum Gasteiger partial charge on any atom is -0.481 e. The molecule has 1 aromatic carbocycles. The molecule has 0 bridgehead atoms. The minimum absolute atomic E-state index is 0.116. The highest BCUT2D eigenvalue weighted by molar-refractivity contribution is 5.82. The largest absolute Gasteiger partial charge is 0.481 e. The Morgan fingerprint density at radius 2 is 2.20 bits per heavy atom. The van der Waals surface area contributed by atoms with Gasteiger partial charge in [0, 0.05) is 12.1 Å². The van der Waals surface area contributed by atoms with Crippen LogP contribution < -0.4 is 5.73 Å². The predicted octanol–water partition coefficient (Wildman–Crippen LogP) is 2.06. The van der Waals surface area contributed by atoms with Crippen molar-refractivity contribution in [2.75, 3.05) is 6.54 Å². The molecule has 3 unspecified atom stereocenters. The summed E-state index contributed by atoms with van der Waals surface area (Å²) >= 11 is 0. The van der Waals surface area contributed by atoms with Gasteiger partial charge in [-0.05, 0) is 32.3 Å². The summed E-state index contributed by atoms with van der Waals surface area (Å²) in [5, 5.41) is 9.63. The fourth-order valence-electron chi connectivity index (χ4n) is 2.87. The first-order chi connectivity index (χ1) is 9.49. The molecule has 2 rings (SSSR count). The topological polar surface area (TPSA) is 72.6 Å². The van der Waals surface area contributed by atoms with E-state index in [1.165, 1.54) is 18.2 Å². The van der Waals surface area contributed by atoms with Crippen molar-refractivity contribution in [2.45, 2.75) is 43.8 Å². The van der Waals surface area contributed by atoms with Crippen molar-refractivity contribution in [3.05, 3.63) is 35.6 Å². The van der Waals surface area contributed by atoms with Crippen LogP contribution in [0.1, 0.15) is 31.7 Å². The fourth-order valence-corrected chi connectivity index (χ4v) is 2.87. The Bertz CT molecular complexity index is 494. The average molecular weight is 281 g/mol. The summed E-state index contributed by atoms with van der Waals surface area (Å²) in [7, 11) is 0. The molecule has 20 heavy (non-hydrogen) atoms. The lowest BCUT2D eigenvalue weighted by Crippen LogP contribution is -2.46. The van der Waals surface area contributed by atoms with Gasteiger partial charge in [-0.1, -0.05) is 18.2 Å². The third-order valence-corrected chi connectivity index (χ3v) is 4.04. The summed E-state index contributed by atoms with van der Waals surface area (Å²) in [6.07, 6.45) is 1.80. The number of rotatable bonds is 5. The lowest BCUT2D eigenvalue weighted by Gasteiger charge is -2.31. The highest BCUT2D eigenvalue weighted by Crippen LogP contribution is 2.35. The molecular weight excluding hydrogens is 261 g/mol. The van der Waals surface area contributed by atoms with Gasteiger partial charge in [-0.15, -0.1) is 0 Å². The number of hydrogen-bond acceptors (Lipinski definition) is 3. The molecule has 1 aromatic rings. The van der Waals surface area contributed by atoms with Crippen LogP contribution in [-0.2, 0) is 14.9 Å². The summed E-state index contributed by atoms with van der Waals surface area (Å²) < 4.78 is 19.7. The third kappa shape index (κ3) is 2.69. The molecule has 110 valence electrons. The molecule has 0 radical (unpaired) electrons. The van der Waals surface area contributed by atoms with Gasteiger partial charge in [0.15, 0.2) is 0 Å². The van der Waals surface area contributed by atoms with Gasteiger partial charge in [-0.25, -0.2) is 4.39 Å². The standard InChI is InChI=1S/C15H20FNO3/c1-10-6-7-11(20-10)8-15(9-17,14(18)19)12-4-2-3-5-13(12)16/h2-5,10-11H,6-9,17H2,1H3,(H,18,19). The number of carboxylic acid groups (broad SMARTS) is 1. The Morgan fingerprint density at radius 1 is 1.50 bits per heavy atom. The maximum absolute atomic E-state index is 14.0. The van der Waals surface area contributed by atoms with Crippen LogP contribution in [0.25, 0.3) is 0 Å². The first-order valence-corrected chi connectivity index (χ1v) is 6.83. The van der Waals surface area contributed by atoms with Crippen LogP contribution in [0.4, 0.5) is 4.39 Å². The number of halogens is 1. The Kier molecular flexibility index (Phi) is 4.40. The summed E-state index contributed by atoms with van der Waals surface area (Å²) in [6, 6.07) is 5.93. The van der Waals surface area contributed by atoms with Crippen LogP contribution in [0, 0.1) is 5.82 Å². The Morgan fingerprint density at radius 3 is 2.70 bits per heavy atom. The van der Waals surface area contributed by atoms with E-state index in [1.54, 1.807) is 6.07 Å². The number of nitrogens with two attached hydrogens (primary N) is 1. The maximum Gasteiger partial charge on any atom is 0.315 e. The molecule has 0 aromatic heterocycles. The Labute approximate surface area is 117 Å². The molecule has 5 heteroatoms. The fraction of sp³-hybridized carbons (Fsp3) is 0.533. The summed E-state index contributed by atoms with van der Waals surface area (Å²) in [4.78, 5) is 11.8. The smallest absolute Gasteiger partial charge is 0.315 e. The molecular formula is C15H20FNO3. The van der Waals surface area contributed by atoms with Crippen LogP contribution in [-0.4, -0.2) is 29.8 Å². The van der Waals surface area contributed by atoms with Gasteiger partial charge in [-0.3, -0.25) is 4.79 Å². The van der Waals surface area contributed by atoms with Crippen molar-refractivity contribution in [2.24, 2.45) is 5.73 Å². The molecule has 1 fully saturated rings. The summed E-state index contributed by atoms with van der Waals surface area (Å²) in [6.45, 7) is 1.80. The highest BCUT2D eigenvalue weighted by Gasteiger charge is 2.44. The van der Waals surface area contributed by atoms with E-state index in [9.17, 15) is 14.3 Å². The van der Waals surface area contributed by atoms with Gasteiger partial charge in [0.1, 0.15) is 11.2 Å². The van der Waals surface area contributed by atoms with E-state index in [0.29, 0.717) is 0 Å². The molecule has 0 spiro atoms. The van der Waals surface area contributed by atoms with Crippen LogP contribution in [0.5, 0.6) is 0 Å². The molecule has 1 aliphatic heterocycles. The van der Waals surface area contributed by atoms with E-state index >= 15 is 0 Å². The number of ether oxygens (including phenoxy) is 1. The van der Waals surface area contributed by atoms with Crippen molar-refractivity contribution in [1.82, 2.24) is 0 Å². The van der Waals surface area contributed by atoms with Crippen molar-refractivity contribution in [3.63, 3.8) is 0 Å². The second-order valence-corrected chi connectivity index (χ2v) is 5.42. The second kappa shape index (κ2) is 5.89. The van der Waals surface area contributed by atoms with Gasteiger partial charge in [0.05, 0.1) is 12.2 Å². The average Bonchev–Trinajstić information content (AvgIpc) is 2.82. The van der Waals surface area contributed by atoms with E-state index in [2.05, 4.69) is 0 Å². The Balaban J connectivity index is 2.35. The third-order valence-electron chi connectivity index (χ3n) is 4.04. The molecule has 3 N–H and O–H groups in total. The number of carbonyl (C=O) groups is 1. The number of benzene rings is 1. The van der Waals surface area contributed by atoms with Crippen molar-refractivity contribution in [1.29, 1.82) is 0 Å². The van der Waals surface area contributed by atoms with Crippen molar-refractivity contribution in [3.8, 4) is 0 Å². The zero-order valence-corrected chi connectivity index (χ0v) is 11.5. The van der Waals surface area contributed by atoms with Gasteiger partial charge in [0.2, 0.25) is 0 Å². The normalized spacial score (nSPS) is 25.4. The van der Waals surface area contributed by atoms with Crippen molar-refractivity contribution < 1.29 is 19.0 Å². The van der Waals surface area contributed by atoms with Crippen molar-refractivity contribution >= 4 is 5.97 Å². The number of aliphatic carboxylic acids is 1. The maximum atomic E-state index is 14.0. The zero-order chi connectivity index (χ0) is 14.8. The number of carboxylic acids is 1. The molecule has 0 saturated carbocycles. The van der Waals surface area contributed by atoms with Gasteiger partial charge in [-0.2, -0.15) is 0 Å². The molecule has 1 aliphatic rings. The highest BCUT2D eigenvalue weighted by atomic mass is 19.1. The minimum atomic E-state index is -1.43. The van der Waals surface area contributed by atoms with Gasteiger partial charge >= 0.3 is 5.97 Å². The first-order valence-electron chi connectivity index (χ1n) is 6.83. The van der Waals surface area contributed by atoms with E-state index in [1.807, 2.05) is 6.92 Å². The summed E-state index contributed by atoms with van der Waals surface area (Å²) in [5.41, 5.74) is 4.43. The first kappa shape index (κ1) is 14.9. The molecule has 3 atom stereocenters. The zero-order valence-electron chi connectivity index (χ0n) is 11.5. The van der Waals surface area contributed by atoms with Gasteiger partial charge < -0.3 is 15.6 Å². The molecule has 4 nitrogen and oxygen atoms in total.